The van der Waals surface area contributed by atoms with Gasteiger partial charge in [-0.1, -0.05) is 0 Å². The Morgan fingerprint density at radius 1 is 1.60 bits per heavy atom. The number of halogens is 1. The number of ether oxygens (including phenoxy) is 1. The van der Waals surface area contributed by atoms with Crippen LogP contribution in [-0.2, 0) is 4.74 Å². The second-order valence-corrected chi connectivity index (χ2v) is 3.73. The van der Waals surface area contributed by atoms with Crippen molar-refractivity contribution in [2.24, 2.45) is 0 Å². The van der Waals surface area contributed by atoms with Gasteiger partial charge in [0.05, 0.1) is 17.9 Å². The summed E-state index contributed by atoms with van der Waals surface area (Å²) in [5.74, 6) is -0.857. The molecule has 15 heavy (non-hydrogen) atoms. The van der Waals surface area contributed by atoms with Gasteiger partial charge in [-0.05, 0) is 25.8 Å². The lowest BCUT2D eigenvalue weighted by atomic mass is 10.0. The molecule has 4 heteroatoms. The van der Waals surface area contributed by atoms with E-state index >= 15 is 0 Å². The molecule has 0 amide bonds. The number of carbonyl (C=O) groups excluding carboxylic acids is 1. The van der Waals surface area contributed by atoms with Gasteiger partial charge in [0, 0.05) is 6.20 Å². The first kappa shape index (κ1) is 10.2. The highest BCUT2D eigenvalue weighted by molar-refractivity contribution is 5.99. The first-order chi connectivity index (χ1) is 7.18. The Bertz CT molecular complexity index is 381. The van der Waals surface area contributed by atoms with Crippen LogP contribution < -0.4 is 0 Å². The maximum atomic E-state index is 13.3. The fourth-order valence-corrected chi connectivity index (χ4v) is 1.74. The van der Waals surface area contributed by atoms with E-state index in [1.54, 1.807) is 0 Å². The fraction of sp³-hybridized carbons (Fsp3) is 0.455. The SMILES string of the molecule is CC1CCC(C(=O)c2ccncc2F)O1. The molecular weight excluding hydrogens is 197 g/mol. The van der Waals surface area contributed by atoms with Crippen LogP contribution in [-0.4, -0.2) is 23.0 Å². The minimum atomic E-state index is -0.578. The number of carbonyl (C=O) groups is 1. The summed E-state index contributed by atoms with van der Waals surface area (Å²) in [6.45, 7) is 1.91. The van der Waals surface area contributed by atoms with Gasteiger partial charge < -0.3 is 4.74 Å². The molecular formula is C11H12FNO2. The van der Waals surface area contributed by atoms with E-state index in [0.717, 1.165) is 12.6 Å². The molecule has 0 bridgehead atoms. The molecule has 2 heterocycles. The van der Waals surface area contributed by atoms with E-state index in [9.17, 15) is 9.18 Å². The molecule has 0 aliphatic carbocycles. The van der Waals surface area contributed by atoms with Gasteiger partial charge in [0.25, 0.3) is 0 Å². The maximum Gasteiger partial charge on any atom is 0.194 e. The predicted octanol–water partition coefficient (Wildman–Crippen LogP) is 1.97. The molecule has 2 atom stereocenters. The van der Waals surface area contributed by atoms with Gasteiger partial charge in [0.1, 0.15) is 6.10 Å². The van der Waals surface area contributed by atoms with E-state index in [2.05, 4.69) is 4.98 Å². The summed E-state index contributed by atoms with van der Waals surface area (Å²) in [6.07, 6.45) is 3.58. The molecule has 1 fully saturated rings. The summed E-state index contributed by atoms with van der Waals surface area (Å²) in [5, 5.41) is 0. The third-order valence-corrected chi connectivity index (χ3v) is 2.56. The van der Waals surface area contributed by atoms with Gasteiger partial charge in [-0.2, -0.15) is 0 Å². The minimum Gasteiger partial charge on any atom is -0.367 e. The Morgan fingerprint density at radius 3 is 3.00 bits per heavy atom. The molecule has 1 aromatic heterocycles. The minimum absolute atomic E-state index is 0.0732. The average Bonchev–Trinajstić information content (AvgIpc) is 2.65. The summed E-state index contributed by atoms with van der Waals surface area (Å²) < 4.78 is 18.6. The summed E-state index contributed by atoms with van der Waals surface area (Å²) in [5.41, 5.74) is 0.0732. The first-order valence-corrected chi connectivity index (χ1v) is 4.97. The Morgan fingerprint density at radius 2 is 2.40 bits per heavy atom. The van der Waals surface area contributed by atoms with Crippen LogP contribution in [0.3, 0.4) is 0 Å². The number of hydrogen-bond donors (Lipinski definition) is 0. The molecule has 0 spiro atoms. The molecule has 0 radical (unpaired) electrons. The van der Waals surface area contributed by atoms with E-state index < -0.39 is 11.9 Å². The standard InChI is InChI=1S/C11H12FNO2/c1-7-2-3-10(15-7)11(14)8-4-5-13-6-9(8)12/h4-7,10H,2-3H2,1H3. The summed E-state index contributed by atoms with van der Waals surface area (Å²) in [7, 11) is 0. The van der Waals surface area contributed by atoms with Crippen LogP contribution >= 0.6 is 0 Å². The Balaban J connectivity index is 2.18. The van der Waals surface area contributed by atoms with Crippen molar-refractivity contribution in [3.05, 3.63) is 29.8 Å². The van der Waals surface area contributed by atoms with Crippen molar-refractivity contribution in [3.8, 4) is 0 Å². The normalized spacial score (nSPS) is 25.5. The first-order valence-electron chi connectivity index (χ1n) is 4.97. The van der Waals surface area contributed by atoms with Crippen molar-refractivity contribution in [1.29, 1.82) is 0 Å². The highest BCUT2D eigenvalue weighted by Crippen LogP contribution is 2.23. The van der Waals surface area contributed by atoms with E-state index in [-0.39, 0.29) is 17.5 Å². The van der Waals surface area contributed by atoms with E-state index in [4.69, 9.17) is 4.74 Å². The number of pyridine rings is 1. The van der Waals surface area contributed by atoms with Crippen molar-refractivity contribution >= 4 is 5.78 Å². The zero-order valence-corrected chi connectivity index (χ0v) is 8.44. The topological polar surface area (TPSA) is 39.2 Å². The van der Waals surface area contributed by atoms with Gasteiger partial charge in [0.15, 0.2) is 11.6 Å². The molecule has 1 aliphatic heterocycles. The number of aromatic nitrogens is 1. The highest BCUT2D eigenvalue weighted by atomic mass is 19.1. The molecule has 0 aromatic carbocycles. The van der Waals surface area contributed by atoms with Crippen molar-refractivity contribution in [2.75, 3.05) is 0 Å². The second kappa shape index (κ2) is 4.06. The Kier molecular flexibility index (Phi) is 2.77. The molecule has 1 saturated heterocycles. The van der Waals surface area contributed by atoms with Gasteiger partial charge in [-0.25, -0.2) is 4.39 Å². The number of nitrogens with zero attached hydrogens (tertiary/aromatic N) is 1. The number of Topliss-reactive ketones (excluding diaryl/α,β-unsaturated/α-hetero) is 1. The van der Waals surface area contributed by atoms with Gasteiger partial charge in [-0.15, -0.1) is 0 Å². The molecule has 1 aromatic rings. The van der Waals surface area contributed by atoms with E-state index in [1.807, 2.05) is 6.92 Å². The van der Waals surface area contributed by atoms with Crippen molar-refractivity contribution in [3.63, 3.8) is 0 Å². The maximum absolute atomic E-state index is 13.3. The van der Waals surface area contributed by atoms with Gasteiger partial charge >= 0.3 is 0 Å². The van der Waals surface area contributed by atoms with Crippen LogP contribution in [0, 0.1) is 5.82 Å². The lowest BCUT2D eigenvalue weighted by Gasteiger charge is -2.09. The van der Waals surface area contributed by atoms with Gasteiger partial charge in [-0.3, -0.25) is 9.78 Å². The van der Waals surface area contributed by atoms with E-state index in [1.165, 1.54) is 12.3 Å². The lowest BCUT2D eigenvalue weighted by Crippen LogP contribution is -2.21. The van der Waals surface area contributed by atoms with Crippen LogP contribution in [0.1, 0.15) is 30.1 Å². The number of ketones is 1. The largest absolute Gasteiger partial charge is 0.367 e. The molecule has 3 nitrogen and oxygen atoms in total. The molecule has 0 N–H and O–H groups in total. The zero-order valence-electron chi connectivity index (χ0n) is 8.44. The summed E-state index contributed by atoms with van der Waals surface area (Å²) in [6, 6.07) is 1.39. The number of rotatable bonds is 2. The summed E-state index contributed by atoms with van der Waals surface area (Å²) in [4.78, 5) is 15.4. The predicted molar refractivity (Wildman–Crippen MR) is 52.1 cm³/mol. The van der Waals surface area contributed by atoms with E-state index in [0.29, 0.717) is 6.42 Å². The molecule has 2 unspecified atom stereocenters. The average molecular weight is 209 g/mol. The third-order valence-electron chi connectivity index (χ3n) is 2.56. The quantitative estimate of drug-likeness (QED) is 0.699. The van der Waals surface area contributed by atoms with Crippen LogP contribution in [0.15, 0.2) is 18.5 Å². The highest BCUT2D eigenvalue weighted by Gasteiger charge is 2.30. The van der Waals surface area contributed by atoms with Crippen molar-refractivity contribution in [1.82, 2.24) is 4.98 Å². The van der Waals surface area contributed by atoms with Gasteiger partial charge in [0.2, 0.25) is 0 Å². The molecule has 0 saturated carbocycles. The smallest absolute Gasteiger partial charge is 0.194 e. The van der Waals surface area contributed by atoms with Crippen LogP contribution in [0.5, 0.6) is 0 Å². The fourth-order valence-electron chi connectivity index (χ4n) is 1.74. The summed E-state index contributed by atoms with van der Waals surface area (Å²) >= 11 is 0. The zero-order chi connectivity index (χ0) is 10.8. The van der Waals surface area contributed by atoms with Crippen molar-refractivity contribution < 1.29 is 13.9 Å². The lowest BCUT2D eigenvalue weighted by molar-refractivity contribution is 0.0430. The van der Waals surface area contributed by atoms with Crippen molar-refractivity contribution in [2.45, 2.75) is 32.0 Å². The Hall–Kier alpha value is -1.29. The second-order valence-electron chi connectivity index (χ2n) is 3.73. The molecule has 1 aliphatic rings. The molecule has 80 valence electrons. The van der Waals surface area contributed by atoms with Crippen LogP contribution in [0.25, 0.3) is 0 Å². The van der Waals surface area contributed by atoms with Crippen LogP contribution in [0.2, 0.25) is 0 Å². The molecule has 2 rings (SSSR count). The van der Waals surface area contributed by atoms with Crippen LogP contribution in [0.4, 0.5) is 4.39 Å². The number of hydrogen-bond acceptors (Lipinski definition) is 3. The third kappa shape index (κ3) is 2.04. The monoisotopic (exact) mass is 209 g/mol. The Labute approximate surface area is 87.3 Å².